The normalized spacial score (nSPS) is 13.5. The highest BCUT2D eigenvalue weighted by atomic mass is 32.1. The van der Waals surface area contributed by atoms with E-state index >= 15 is 0 Å². The molecule has 0 bridgehead atoms. The van der Waals surface area contributed by atoms with E-state index < -0.39 is 11.7 Å². The highest BCUT2D eigenvalue weighted by Gasteiger charge is 2.31. The Morgan fingerprint density at radius 3 is 1.97 bits per heavy atom. The second kappa shape index (κ2) is 10.1. The highest BCUT2D eigenvalue weighted by molar-refractivity contribution is 7.80. The molecule has 0 aliphatic carbocycles. The molecular weight excluding hydrogens is 431 g/mol. The summed E-state index contributed by atoms with van der Waals surface area (Å²) in [6, 6.07) is 23.4. The van der Waals surface area contributed by atoms with Gasteiger partial charge in [0.05, 0.1) is 17.6 Å². The van der Waals surface area contributed by atoms with Crippen LogP contribution in [0.1, 0.15) is 34.3 Å². The summed E-state index contributed by atoms with van der Waals surface area (Å²) in [5.41, 5.74) is 2.19. The lowest BCUT2D eigenvalue weighted by atomic mass is 9.92. The first-order valence-electron chi connectivity index (χ1n) is 10.2. The molecule has 32 heavy (non-hydrogen) atoms. The number of anilines is 1. The van der Waals surface area contributed by atoms with Gasteiger partial charge in [0.1, 0.15) is 0 Å². The molecule has 3 rings (SSSR count). The molecular formula is C25H26F3N3S. The van der Waals surface area contributed by atoms with Crippen LogP contribution >= 0.6 is 12.2 Å². The first-order valence-corrected chi connectivity index (χ1v) is 10.6. The molecule has 0 radical (unpaired) electrons. The molecule has 0 amide bonds. The Kier molecular flexibility index (Phi) is 7.53. The zero-order valence-corrected chi connectivity index (χ0v) is 19.0. The molecule has 2 N–H and O–H groups in total. The summed E-state index contributed by atoms with van der Waals surface area (Å²) in [5, 5.41) is 6.53. The Hall–Kier alpha value is -2.90. The number of hydrogen-bond donors (Lipinski definition) is 2. The summed E-state index contributed by atoms with van der Waals surface area (Å²) in [5.74, 6) is 0. The zero-order chi connectivity index (χ0) is 23.3. The molecule has 7 heteroatoms. The molecule has 0 aromatic heterocycles. The van der Waals surface area contributed by atoms with Crippen molar-refractivity contribution in [2.24, 2.45) is 0 Å². The molecule has 0 fully saturated rings. The van der Waals surface area contributed by atoms with Gasteiger partial charge in [-0.05, 0) is 68.1 Å². The summed E-state index contributed by atoms with van der Waals surface area (Å²) in [7, 11) is 3.98. The van der Waals surface area contributed by atoms with Gasteiger partial charge >= 0.3 is 6.18 Å². The molecule has 0 heterocycles. The zero-order valence-electron chi connectivity index (χ0n) is 18.1. The summed E-state index contributed by atoms with van der Waals surface area (Å²) < 4.78 is 39.7. The van der Waals surface area contributed by atoms with E-state index in [-0.39, 0.29) is 17.2 Å². The van der Waals surface area contributed by atoms with Crippen LogP contribution in [-0.2, 0) is 6.18 Å². The van der Waals surface area contributed by atoms with Crippen molar-refractivity contribution in [3.8, 4) is 0 Å². The van der Waals surface area contributed by atoms with Gasteiger partial charge in [0.2, 0.25) is 0 Å². The van der Waals surface area contributed by atoms with Gasteiger partial charge in [0.25, 0.3) is 0 Å². The molecule has 3 nitrogen and oxygen atoms in total. The van der Waals surface area contributed by atoms with Crippen LogP contribution in [0, 0.1) is 6.92 Å². The number of rotatable bonds is 6. The number of benzene rings is 3. The molecule has 1 unspecified atom stereocenters. The van der Waals surface area contributed by atoms with E-state index in [1.54, 1.807) is 13.0 Å². The maximum Gasteiger partial charge on any atom is 0.416 e. The standard InChI is InChI=1S/C25H26F3N3S/c1-17-14-20(25(26,27)28)16-21(15-17)29-24(32)30-22(18-10-6-4-7-11-18)23(31(2)3)19-12-8-5-9-13-19/h4-16,22-23H,1-3H3,(H2,29,30,32)/t22?,23-/m0/s1. The van der Waals surface area contributed by atoms with E-state index in [9.17, 15) is 13.2 Å². The quantitative estimate of drug-likeness (QED) is 0.422. The third-order valence-corrected chi connectivity index (χ3v) is 5.34. The fourth-order valence-electron chi connectivity index (χ4n) is 3.77. The number of halogens is 3. The van der Waals surface area contributed by atoms with E-state index in [1.165, 1.54) is 0 Å². The minimum Gasteiger partial charge on any atom is -0.354 e. The summed E-state index contributed by atoms with van der Waals surface area (Å²) in [6.45, 7) is 1.63. The number of alkyl halides is 3. The largest absolute Gasteiger partial charge is 0.416 e. The van der Waals surface area contributed by atoms with Crippen LogP contribution in [0.4, 0.5) is 18.9 Å². The van der Waals surface area contributed by atoms with Crippen LogP contribution in [-0.4, -0.2) is 24.1 Å². The average Bonchev–Trinajstić information content (AvgIpc) is 2.73. The van der Waals surface area contributed by atoms with E-state index in [4.69, 9.17) is 12.2 Å². The van der Waals surface area contributed by atoms with Crippen LogP contribution in [0.5, 0.6) is 0 Å². The van der Waals surface area contributed by atoms with Crippen molar-refractivity contribution >= 4 is 23.0 Å². The van der Waals surface area contributed by atoms with Gasteiger partial charge in [-0.15, -0.1) is 0 Å². The molecule has 0 saturated carbocycles. The third-order valence-electron chi connectivity index (χ3n) is 5.12. The van der Waals surface area contributed by atoms with E-state index in [2.05, 4.69) is 27.7 Å². The Morgan fingerprint density at radius 1 is 0.875 bits per heavy atom. The van der Waals surface area contributed by atoms with E-state index in [0.29, 0.717) is 11.3 Å². The van der Waals surface area contributed by atoms with Gasteiger partial charge in [-0.2, -0.15) is 13.2 Å². The molecule has 3 aromatic rings. The van der Waals surface area contributed by atoms with Gasteiger partial charge in [0, 0.05) is 5.69 Å². The SMILES string of the molecule is Cc1cc(NC(=S)NC(c2ccccc2)[C@H](c2ccccc2)N(C)C)cc(C(F)(F)F)c1. The first kappa shape index (κ1) is 23.8. The number of aryl methyl sites for hydroxylation is 1. The lowest BCUT2D eigenvalue weighted by Gasteiger charge is -2.34. The molecule has 168 valence electrons. The van der Waals surface area contributed by atoms with Crippen molar-refractivity contribution in [1.82, 2.24) is 10.2 Å². The van der Waals surface area contributed by atoms with E-state index in [1.807, 2.05) is 62.6 Å². The van der Waals surface area contributed by atoms with E-state index in [0.717, 1.165) is 23.3 Å². The van der Waals surface area contributed by atoms with Crippen LogP contribution in [0.15, 0.2) is 78.9 Å². The number of hydrogen-bond acceptors (Lipinski definition) is 2. The first-order chi connectivity index (χ1) is 15.1. The number of nitrogens with one attached hydrogen (secondary N) is 2. The number of thiocarbonyl (C=S) groups is 1. The minimum atomic E-state index is -4.42. The Balaban J connectivity index is 1.91. The molecule has 0 spiro atoms. The monoisotopic (exact) mass is 457 g/mol. The predicted octanol–water partition coefficient (Wildman–Crippen LogP) is 6.34. The topological polar surface area (TPSA) is 27.3 Å². The van der Waals surface area contributed by atoms with Crippen molar-refractivity contribution < 1.29 is 13.2 Å². The Labute approximate surface area is 192 Å². The second-order valence-corrected chi connectivity index (χ2v) is 8.30. The summed E-state index contributed by atoms with van der Waals surface area (Å²) in [4.78, 5) is 2.09. The van der Waals surface area contributed by atoms with Gasteiger partial charge in [0.15, 0.2) is 5.11 Å². The van der Waals surface area contributed by atoms with Gasteiger partial charge in [-0.1, -0.05) is 60.7 Å². The number of likely N-dealkylation sites (N-methyl/N-ethyl adjacent to an activating group) is 1. The van der Waals surface area contributed by atoms with Gasteiger partial charge < -0.3 is 15.5 Å². The summed E-state index contributed by atoms with van der Waals surface area (Å²) >= 11 is 5.53. The predicted molar refractivity (Wildman–Crippen MR) is 128 cm³/mol. The second-order valence-electron chi connectivity index (χ2n) is 7.89. The van der Waals surface area contributed by atoms with Crippen molar-refractivity contribution in [1.29, 1.82) is 0 Å². The molecule has 0 saturated heterocycles. The van der Waals surface area contributed by atoms with Crippen LogP contribution < -0.4 is 10.6 Å². The lowest BCUT2D eigenvalue weighted by molar-refractivity contribution is -0.137. The fraction of sp³-hybridized carbons (Fsp3) is 0.240. The number of nitrogens with zero attached hydrogens (tertiary/aromatic N) is 1. The molecule has 0 aliphatic heterocycles. The van der Waals surface area contributed by atoms with Gasteiger partial charge in [-0.25, -0.2) is 0 Å². The smallest absolute Gasteiger partial charge is 0.354 e. The van der Waals surface area contributed by atoms with Crippen LogP contribution in [0.2, 0.25) is 0 Å². The highest BCUT2D eigenvalue weighted by Crippen LogP contribution is 2.34. The van der Waals surface area contributed by atoms with Crippen LogP contribution in [0.3, 0.4) is 0 Å². The minimum absolute atomic E-state index is 0.0680. The maximum absolute atomic E-state index is 13.2. The molecule has 3 aromatic carbocycles. The van der Waals surface area contributed by atoms with Gasteiger partial charge in [-0.3, -0.25) is 0 Å². The van der Waals surface area contributed by atoms with Crippen molar-refractivity contribution in [2.75, 3.05) is 19.4 Å². The third kappa shape index (κ3) is 6.08. The molecule has 0 aliphatic rings. The summed E-state index contributed by atoms with van der Waals surface area (Å²) in [6.07, 6.45) is -4.42. The lowest BCUT2D eigenvalue weighted by Crippen LogP contribution is -2.40. The van der Waals surface area contributed by atoms with Crippen LogP contribution in [0.25, 0.3) is 0 Å². The Morgan fingerprint density at radius 2 is 1.44 bits per heavy atom. The average molecular weight is 458 g/mol. The van der Waals surface area contributed by atoms with Crippen molar-refractivity contribution in [3.05, 3.63) is 101 Å². The van der Waals surface area contributed by atoms with Crippen molar-refractivity contribution in [3.63, 3.8) is 0 Å². The fourth-order valence-corrected chi connectivity index (χ4v) is 4.02. The Bertz CT molecular complexity index is 1040. The molecule has 2 atom stereocenters. The van der Waals surface area contributed by atoms with Crippen molar-refractivity contribution in [2.45, 2.75) is 25.2 Å². The maximum atomic E-state index is 13.2.